The summed E-state index contributed by atoms with van der Waals surface area (Å²) in [6.07, 6.45) is 11.6. The molecule has 0 amide bonds. The number of aldehydes is 1. The van der Waals surface area contributed by atoms with Gasteiger partial charge in [-0.05, 0) is 19.3 Å². The SMILES string of the molecule is N#CC1(CCC=O)CCCCCCCCCCC1=O. The van der Waals surface area contributed by atoms with E-state index in [2.05, 4.69) is 6.07 Å². The molecule has 1 atom stereocenters. The van der Waals surface area contributed by atoms with Gasteiger partial charge in [0.25, 0.3) is 0 Å². The van der Waals surface area contributed by atoms with Gasteiger partial charge in [-0.3, -0.25) is 4.79 Å². The van der Waals surface area contributed by atoms with Gasteiger partial charge in [-0.25, -0.2) is 0 Å². The molecule has 1 unspecified atom stereocenters. The van der Waals surface area contributed by atoms with Crippen molar-refractivity contribution in [1.29, 1.82) is 5.26 Å². The zero-order valence-corrected chi connectivity index (χ0v) is 11.8. The summed E-state index contributed by atoms with van der Waals surface area (Å²) in [6, 6.07) is 2.25. The van der Waals surface area contributed by atoms with Crippen molar-refractivity contribution in [3.63, 3.8) is 0 Å². The fraction of sp³-hybridized carbons (Fsp3) is 0.812. The normalized spacial score (nSPS) is 26.8. The summed E-state index contributed by atoms with van der Waals surface area (Å²) in [5.74, 6) is 0.0671. The molecule has 0 radical (unpaired) electrons. The van der Waals surface area contributed by atoms with Crippen LogP contribution >= 0.6 is 0 Å². The van der Waals surface area contributed by atoms with E-state index in [1.807, 2.05) is 0 Å². The molecule has 1 aliphatic rings. The minimum Gasteiger partial charge on any atom is -0.303 e. The minimum absolute atomic E-state index is 0.0671. The van der Waals surface area contributed by atoms with Gasteiger partial charge in [0.1, 0.15) is 11.7 Å². The van der Waals surface area contributed by atoms with Crippen molar-refractivity contribution in [2.75, 3.05) is 0 Å². The van der Waals surface area contributed by atoms with Crippen LogP contribution in [0.2, 0.25) is 0 Å². The number of nitriles is 1. The third kappa shape index (κ3) is 5.14. The number of nitrogens with zero attached hydrogens (tertiary/aromatic N) is 1. The van der Waals surface area contributed by atoms with E-state index in [0.717, 1.165) is 32.0 Å². The molecule has 0 spiro atoms. The van der Waals surface area contributed by atoms with E-state index in [4.69, 9.17) is 0 Å². The van der Waals surface area contributed by atoms with E-state index in [1.54, 1.807) is 0 Å². The molecular formula is C16H25NO2. The van der Waals surface area contributed by atoms with Gasteiger partial charge in [0.05, 0.1) is 6.07 Å². The lowest BCUT2D eigenvalue weighted by Crippen LogP contribution is -2.30. The van der Waals surface area contributed by atoms with Crippen molar-refractivity contribution in [2.24, 2.45) is 5.41 Å². The monoisotopic (exact) mass is 263 g/mol. The molecule has 106 valence electrons. The number of hydrogen-bond acceptors (Lipinski definition) is 3. The van der Waals surface area contributed by atoms with Crippen molar-refractivity contribution in [2.45, 2.75) is 77.0 Å². The Bertz CT molecular complexity index is 332. The Hall–Kier alpha value is -1.17. The van der Waals surface area contributed by atoms with Crippen LogP contribution in [0.1, 0.15) is 77.0 Å². The van der Waals surface area contributed by atoms with Crippen LogP contribution in [-0.2, 0) is 9.59 Å². The number of Topliss-reactive ketones (excluding diaryl/α,β-unsaturated/α-hetero) is 1. The largest absolute Gasteiger partial charge is 0.303 e. The highest BCUT2D eigenvalue weighted by atomic mass is 16.1. The maximum absolute atomic E-state index is 12.4. The molecule has 0 N–H and O–H groups in total. The number of ketones is 1. The molecule has 1 rings (SSSR count). The summed E-state index contributed by atoms with van der Waals surface area (Å²) in [6.45, 7) is 0. The summed E-state index contributed by atoms with van der Waals surface area (Å²) in [4.78, 5) is 22.9. The standard InChI is InChI=1S/C16H25NO2/c17-14-16(12-9-13-18)11-8-6-4-2-1-3-5-7-10-15(16)19/h13H,1-12H2. The Morgan fingerprint density at radius 1 is 1.05 bits per heavy atom. The second-order valence-corrected chi connectivity index (χ2v) is 5.65. The van der Waals surface area contributed by atoms with Crippen LogP contribution in [0.25, 0.3) is 0 Å². The van der Waals surface area contributed by atoms with Crippen LogP contribution in [0.15, 0.2) is 0 Å². The van der Waals surface area contributed by atoms with Gasteiger partial charge in [-0.2, -0.15) is 5.26 Å². The van der Waals surface area contributed by atoms with E-state index in [9.17, 15) is 14.9 Å². The Balaban J connectivity index is 2.71. The quantitative estimate of drug-likeness (QED) is 0.724. The molecule has 0 saturated heterocycles. The molecule has 0 aromatic heterocycles. The number of carbonyl (C=O) groups excluding carboxylic acids is 2. The van der Waals surface area contributed by atoms with E-state index in [0.29, 0.717) is 25.7 Å². The second kappa shape index (κ2) is 8.85. The highest BCUT2D eigenvalue weighted by molar-refractivity contribution is 5.87. The highest BCUT2D eigenvalue weighted by Crippen LogP contribution is 2.33. The van der Waals surface area contributed by atoms with E-state index >= 15 is 0 Å². The lowest BCUT2D eigenvalue weighted by Gasteiger charge is -2.25. The summed E-state index contributed by atoms with van der Waals surface area (Å²) >= 11 is 0. The van der Waals surface area contributed by atoms with Crippen LogP contribution in [0.3, 0.4) is 0 Å². The first kappa shape index (κ1) is 15.9. The number of rotatable bonds is 3. The predicted molar refractivity (Wildman–Crippen MR) is 74.5 cm³/mol. The van der Waals surface area contributed by atoms with Crippen LogP contribution in [0.4, 0.5) is 0 Å². The molecule has 1 saturated carbocycles. The summed E-state index contributed by atoms with van der Waals surface area (Å²) in [5, 5.41) is 9.46. The average Bonchev–Trinajstić information content (AvgIpc) is 2.42. The number of carbonyl (C=O) groups is 2. The molecule has 0 aromatic rings. The molecule has 0 heterocycles. The molecule has 1 fully saturated rings. The first-order valence-corrected chi connectivity index (χ1v) is 7.63. The molecule has 3 nitrogen and oxygen atoms in total. The van der Waals surface area contributed by atoms with Gasteiger partial charge in [-0.1, -0.05) is 44.9 Å². The molecular weight excluding hydrogens is 238 g/mol. The molecule has 3 heteroatoms. The van der Waals surface area contributed by atoms with Crippen molar-refractivity contribution in [1.82, 2.24) is 0 Å². The summed E-state index contributed by atoms with van der Waals surface area (Å²) < 4.78 is 0. The molecule has 0 aliphatic heterocycles. The first-order valence-electron chi connectivity index (χ1n) is 7.63. The zero-order valence-electron chi connectivity index (χ0n) is 11.8. The molecule has 0 bridgehead atoms. The predicted octanol–water partition coefficient (Wildman–Crippen LogP) is 3.96. The summed E-state index contributed by atoms with van der Waals surface area (Å²) in [5.41, 5.74) is -0.889. The third-order valence-electron chi connectivity index (χ3n) is 4.19. The van der Waals surface area contributed by atoms with Gasteiger partial charge in [0.15, 0.2) is 5.78 Å². The van der Waals surface area contributed by atoms with Crippen molar-refractivity contribution >= 4 is 12.1 Å². The first-order chi connectivity index (χ1) is 9.25. The van der Waals surface area contributed by atoms with E-state index < -0.39 is 5.41 Å². The number of hydrogen-bond donors (Lipinski definition) is 0. The van der Waals surface area contributed by atoms with Gasteiger partial charge in [0.2, 0.25) is 0 Å². The highest BCUT2D eigenvalue weighted by Gasteiger charge is 2.36. The Morgan fingerprint density at radius 2 is 1.63 bits per heavy atom. The Morgan fingerprint density at radius 3 is 2.21 bits per heavy atom. The third-order valence-corrected chi connectivity index (χ3v) is 4.19. The van der Waals surface area contributed by atoms with Gasteiger partial charge in [-0.15, -0.1) is 0 Å². The minimum atomic E-state index is -0.889. The summed E-state index contributed by atoms with van der Waals surface area (Å²) in [7, 11) is 0. The van der Waals surface area contributed by atoms with Crippen molar-refractivity contribution in [3.05, 3.63) is 0 Å². The van der Waals surface area contributed by atoms with Crippen LogP contribution < -0.4 is 0 Å². The fourth-order valence-electron chi connectivity index (χ4n) is 2.90. The molecule has 19 heavy (non-hydrogen) atoms. The maximum Gasteiger partial charge on any atom is 0.153 e. The lowest BCUT2D eigenvalue weighted by atomic mass is 9.74. The zero-order chi connectivity index (χ0) is 14.0. The van der Waals surface area contributed by atoms with E-state index in [-0.39, 0.29) is 5.78 Å². The van der Waals surface area contributed by atoms with Crippen molar-refractivity contribution in [3.8, 4) is 6.07 Å². The average molecular weight is 263 g/mol. The van der Waals surface area contributed by atoms with Gasteiger partial charge < -0.3 is 4.79 Å². The van der Waals surface area contributed by atoms with Crippen LogP contribution in [0.5, 0.6) is 0 Å². The van der Waals surface area contributed by atoms with Crippen molar-refractivity contribution < 1.29 is 9.59 Å². The topological polar surface area (TPSA) is 57.9 Å². The maximum atomic E-state index is 12.4. The Labute approximate surface area is 116 Å². The van der Waals surface area contributed by atoms with Crippen LogP contribution in [-0.4, -0.2) is 12.1 Å². The van der Waals surface area contributed by atoms with Gasteiger partial charge in [0, 0.05) is 12.8 Å². The van der Waals surface area contributed by atoms with E-state index in [1.165, 1.54) is 25.7 Å². The second-order valence-electron chi connectivity index (χ2n) is 5.65. The fourth-order valence-corrected chi connectivity index (χ4v) is 2.90. The molecule has 0 aromatic carbocycles. The smallest absolute Gasteiger partial charge is 0.153 e. The van der Waals surface area contributed by atoms with Gasteiger partial charge >= 0.3 is 0 Å². The molecule has 1 aliphatic carbocycles. The van der Waals surface area contributed by atoms with Crippen LogP contribution in [0, 0.1) is 16.7 Å². The lowest BCUT2D eigenvalue weighted by molar-refractivity contribution is -0.127. The Kier molecular flexibility index (Phi) is 7.40.